The first-order valence-corrected chi connectivity index (χ1v) is 6.25. The number of amides is 1. The molecule has 5 heteroatoms. The quantitative estimate of drug-likeness (QED) is 0.669. The molecule has 0 aliphatic carbocycles. The zero-order chi connectivity index (χ0) is 14.5. The predicted molar refractivity (Wildman–Crippen MR) is 76.2 cm³/mol. The average molecular weight is 273 g/mol. The van der Waals surface area contributed by atoms with Crippen LogP contribution in [0.3, 0.4) is 0 Å². The number of hydrogen-bond acceptors (Lipinski definition) is 4. The van der Waals surface area contributed by atoms with Gasteiger partial charge in [0.1, 0.15) is 11.3 Å². The van der Waals surface area contributed by atoms with Crippen LogP contribution in [-0.4, -0.2) is 19.1 Å². The molecule has 1 amide bonds. The summed E-state index contributed by atoms with van der Waals surface area (Å²) in [5.74, 6) is 0.249. The highest BCUT2D eigenvalue weighted by atomic mass is 16.5. The Bertz CT molecular complexity index is 703. The van der Waals surface area contributed by atoms with Gasteiger partial charge >= 0.3 is 5.63 Å². The summed E-state index contributed by atoms with van der Waals surface area (Å²) >= 11 is 0. The smallest absolute Gasteiger partial charge is 0.337 e. The van der Waals surface area contributed by atoms with Gasteiger partial charge in [-0.2, -0.15) is 0 Å². The lowest BCUT2D eigenvalue weighted by Gasteiger charge is -2.07. The molecule has 0 bridgehead atoms. The molecule has 0 atom stereocenters. The van der Waals surface area contributed by atoms with E-state index in [0.717, 1.165) is 0 Å². The monoisotopic (exact) mass is 273 g/mol. The standard InChI is InChI=1S/C15H15NO4/c1-3-7-16-15(18)12-9-14(17)20-13-8-10(19-4-2)5-6-11(12)13/h3,5-6,8-9H,1,4,7H2,2H3,(H,16,18). The zero-order valence-electron chi connectivity index (χ0n) is 11.1. The van der Waals surface area contributed by atoms with Crippen LogP contribution in [0.2, 0.25) is 0 Å². The highest BCUT2D eigenvalue weighted by Gasteiger charge is 2.13. The van der Waals surface area contributed by atoms with Crippen LogP contribution in [0.1, 0.15) is 17.3 Å². The van der Waals surface area contributed by atoms with E-state index in [9.17, 15) is 9.59 Å². The molecule has 0 radical (unpaired) electrons. The number of ether oxygens (including phenoxy) is 1. The number of fused-ring (bicyclic) bond motifs is 1. The Kier molecular flexibility index (Phi) is 4.20. The summed E-state index contributed by atoms with van der Waals surface area (Å²) in [6, 6.07) is 6.22. The van der Waals surface area contributed by atoms with E-state index in [1.54, 1.807) is 24.3 Å². The van der Waals surface area contributed by atoms with Gasteiger partial charge in [-0.1, -0.05) is 6.08 Å². The molecular formula is C15H15NO4. The number of benzene rings is 1. The molecule has 5 nitrogen and oxygen atoms in total. The SMILES string of the molecule is C=CCNC(=O)c1cc(=O)oc2cc(OCC)ccc12. The van der Waals surface area contributed by atoms with Gasteiger partial charge in [0, 0.05) is 24.1 Å². The fourth-order valence-electron chi connectivity index (χ4n) is 1.85. The van der Waals surface area contributed by atoms with E-state index in [1.165, 1.54) is 6.07 Å². The molecule has 2 aromatic rings. The molecule has 0 saturated carbocycles. The Labute approximate surface area is 115 Å². The first kappa shape index (κ1) is 13.9. The van der Waals surface area contributed by atoms with Crippen molar-refractivity contribution in [3.05, 3.63) is 52.9 Å². The molecule has 1 heterocycles. The van der Waals surface area contributed by atoms with Gasteiger partial charge in [0.05, 0.1) is 12.2 Å². The van der Waals surface area contributed by atoms with E-state index in [4.69, 9.17) is 9.15 Å². The molecule has 0 unspecified atom stereocenters. The summed E-state index contributed by atoms with van der Waals surface area (Å²) in [6.07, 6.45) is 1.57. The molecule has 104 valence electrons. The normalized spacial score (nSPS) is 10.2. The van der Waals surface area contributed by atoms with Crippen molar-refractivity contribution in [2.75, 3.05) is 13.2 Å². The lowest BCUT2D eigenvalue weighted by molar-refractivity contribution is 0.0959. The highest BCUT2D eigenvalue weighted by molar-refractivity contribution is 6.05. The zero-order valence-corrected chi connectivity index (χ0v) is 11.1. The third-order valence-electron chi connectivity index (χ3n) is 2.68. The van der Waals surface area contributed by atoms with Crippen molar-refractivity contribution in [1.29, 1.82) is 0 Å². The van der Waals surface area contributed by atoms with Crippen molar-refractivity contribution in [2.45, 2.75) is 6.92 Å². The predicted octanol–water partition coefficient (Wildman–Crippen LogP) is 2.11. The van der Waals surface area contributed by atoms with Crippen molar-refractivity contribution in [3.8, 4) is 5.75 Å². The van der Waals surface area contributed by atoms with Crippen molar-refractivity contribution < 1.29 is 13.9 Å². The Morgan fingerprint density at radius 2 is 2.25 bits per heavy atom. The Morgan fingerprint density at radius 3 is 2.95 bits per heavy atom. The van der Waals surface area contributed by atoms with Gasteiger partial charge in [-0.15, -0.1) is 6.58 Å². The fraction of sp³-hybridized carbons (Fsp3) is 0.200. The molecule has 2 rings (SSSR count). The van der Waals surface area contributed by atoms with E-state index < -0.39 is 5.63 Å². The summed E-state index contributed by atoms with van der Waals surface area (Å²) in [4.78, 5) is 23.6. The van der Waals surface area contributed by atoms with Crippen molar-refractivity contribution in [1.82, 2.24) is 5.32 Å². The van der Waals surface area contributed by atoms with Crippen LogP contribution < -0.4 is 15.7 Å². The second kappa shape index (κ2) is 6.06. The van der Waals surface area contributed by atoms with Crippen molar-refractivity contribution in [2.24, 2.45) is 0 Å². The fourth-order valence-corrected chi connectivity index (χ4v) is 1.85. The molecule has 0 spiro atoms. The molecule has 20 heavy (non-hydrogen) atoms. The number of carbonyl (C=O) groups is 1. The minimum Gasteiger partial charge on any atom is -0.494 e. The van der Waals surface area contributed by atoms with E-state index in [0.29, 0.717) is 29.9 Å². The van der Waals surface area contributed by atoms with Crippen LogP contribution in [0.5, 0.6) is 5.75 Å². The van der Waals surface area contributed by atoms with Crippen LogP contribution in [0, 0.1) is 0 Å². The first-order chi connectivity index (χ1) is 9.65. The Balaban J connectivity index is 2.51. The number of nitrogens with one attached hydrogen (secondary N) is 1. The van der Waals surface area contributed by atoms with Crippen LogP contribution in [-0.2, 0) is 0 Å². The van der Waals surface area contributed by atoms with Gasteiger partial charge in [-0.3, -0.25) is 4.79 Å². The van der Waals surface area contributed by atoms with Gasteiger partial charge in [0.15, 0.2) is 0 Å². The molecule has 0 saturated heterocycles. The largest absolute Gasteiger partial charge is 0.494 e. The minimum atomic E-state index is -0.574. The van der Waals surface area contributed by atoms with Crippen molar-refractivity contribution >= 4 is 16.9 Å². The lowest BCUT2D eigenvalue weighted by Crippen LogP contribution is -2.24. The molecule has 1 aromatic carbocycles. The van der Waals surface area contributed by atoms with Crippen molar-refractivity contribution in [3.63, 3.8) is 0 Å². The molecule has 0 aliphatic rings. The number of hydrogen-bond donors (Lipinski definition) is 1. The van der Waals surface area contributed by atoms with Crippen LogP contribution in [0.4, 0.5) is 0 Å². The maximum Gasteiger partial charge on any atom is 0.337 e. The van der Waals surface area contributed by atoms with Gasteiger partial charge in [-0.05, 0) is 19.1 Å². The summed E-state index contributed by atoms with van der Waals surface area (Å²) in [6.45, 7) is 6.23. The molecular weight excluding hydrogens is 258 g/mol. The van der Waals surface area contributed by atoms with Crippen LogP contribution in [0.15, 0.2) is 46.1 Å². The Morgan fingerprint density at radius 1 is 1.45 bits per heavy atom. The van der Waals surface area contributed by atoms with Gasteiger partial charge in [0.2, 0.25) is 0 Å². The third kappa shape index (κ3) is 2.88. The second-order valence-corrected chi connectivity index (χ2v) is 4.07. The topological polar surface area (TPSA) is 68.5 Å². The van der Waals surface area contributed by atoms with Gasteiger partial charge < -0.3 is 14.5 Å². The summed E-state index contributed by atoms with van der Waals surface area (Å²) in [5.41, 5.74) is 0.0308. The third-order valence-corrected chi connectivity index (χ3v) is 2.68. The second-order valence-electron chi connectivity index (χ2n) is 4.07. The molecule has 0 aliphatic heterocycles. The summed E-state index contributed by atoms with van der Waals surface area (Å²) in [7, 11) is 0. The number of rotatable bonds is 5. The van der Waals surface area contributed by atoms with Crippen LogP contribution >= 0.6 is 0 Å². The highest BCUT2D eigenvalue weighted by Crippen LogP contribution is 2.22. The summed E-state index contributed by atoms with van der Waals surface area (Å²) < 4.78 is 10.5. The van der Waals surface area contributed by atoms with Crippen LogP contribution in [0.25, 0.3) is 11.0 Å². The molecule has 0 fully saturated rings. The maximum absolute atomic E-state index is 12.0. The summed E-state index contributed by atoms with van der Waals surface area (Å²) in [5, 5.41) is 3.20. The van der Waals surface area contributed by atoms with Gasteiger partial charge in [0.25, 0.3) is 5.91 Å². The van der Waals surface area contributed by atoms with E-state index >= 15 is 0 Å². The lowest BCUT2D eigenvalue weighted by atomic mass is 10.1. The Hall–Kier alpha value is -2.56. The maximum atomic E-state index is 12.0. The van der Waals surface area contributed by atoms with E-state index in [-0.39, 0.29) is 11.5 Å². The molecule has 1 N–H and O–H groups in total. The average Bonchev–Trinajstić information content (AvgIpc) is 2.43. The van der Waals surface area contributed by atoms with E-state index in [2.05, 4.69) is 11.9 Å². The number of carbonyl (C=O) groups excluding carboxylic acids is 1. The van der Waals surface area contributed by atoms with E-state index in [1.807, 2.05) is 6.92 Å². The van der Waals surface area contributed by atoms with Gasteiger partial charge in [-0.25, -0.2) is 4.79 Å². The first-order valence-electron chi connectivity index (χ1n) is 6.25. The molecule has 1 aromatic heterocycles. The minimum absolute atomic E-state index is 0.279.